The molecule has 3 heteroatoms. The van der Waals surface area contributed by atoms with Gasteiger partial charge in [0.25, 0.3) is 0 Å². The van der Waals surface area contributed by atoms with Crippen LogP contribution in [0.2, 0.25) is 0 Å². The second-order valence-corrected chi connectivity index (χ2v) is 4.29. The third-order valence-corrected chi connectivity index (χ3v) is 3.20. The van der Waals surface area contributed by atoms with Crippen LogP contribution >= 0.6 is 11.3 Å². The van der Waals surface area contributed by atoms with Crippen LogP contribution in [0.1, 0.15) is 15.2 Å². The zero-order valence-corrected chi connectivity index (χ0v) is 8.83. The Morgan fingerprint density at radius 3 is 2.80 bits per heavy atom. The Hall–Kier alpha value is -1.45. The van der Waals surface area contributed by atoms with E-state index in [1.54, 1.807) is 6.07 Å². The van der Waals surface area contributed by atoms with E-state index in [0.29, 0.717) is 0 Å². The van der Waals surface area contributed by atoms with Crippen LogP contribution in [0.3, 0.4) is 0 Å². The molecule has 2 nitrogen and oxygen atoms in total. The predicted molar refractivity (Wildman–Crippen MR) is 61.1 cm³/mol. The highest BCUT2D eigenvalue weighted by molar-refractivity contribution is 7.17. The van der Waals surface area contributed by atoms with E-state index < -0.39 is 0 Å². The molecule has 0 unspecified atom stereocenters. The minimum atomic E-state index is 0.0414. The van der Waals surface area contributed by atoms with Crippen LogP contribution in [0, 0.1) is 0 Å². The normalized spacial score (nSPS) is 10.2. The number of hydrogen-bond acceptors (Lipinski definition) is 3. The van der Waals surface area contributed by atoms with Crippen LogP contribution < -0.4 is 0 Å². The van der Waals surface area contributed by atoms with Gasteiger partial charge in [-0.15, -0.1) is 11.3 Å². The summed E-state index contributed by atoms with van der Waals surface area (Å²) in [5.74, 6) is 0. The zero-order valence-electron chi connectivity index (χ0n) is 8.01. The highest BCUT2D eigenvalue weighted by Gasteiger charge is 2.02. The summed E-state index contributed by atoms with van der Waals surface area (Å²) in [7, 11) is 0. The smallest absolute Gasteiger partial charge is 0.160 e. The molecule has 0 radical (unpaired) electrons. The van der Waals surface area contributed by atoms with E-state index in [9.17, 15) is 4.79 Å². The number of carbonyl (C=O) groups excluding carboxylic acids is 1. The van der Waals surface area contributed by atoms with E-state index in [1.807, 2.05) is 30.3 Å². The van der Waals surface area contributed by atoms with Crippen molar-refractivity contribution in [2.75, 3.05) is 0 Å². The van der Waals surface area contributed by atoms with E-state index >= 15 is 0 Å². The second-order valence-electron chi connectivity index (χ2n) is 3.18. The Bertz CT molecular complexity index is 474. The number of benzene rings is 1. The molecule has 0 bridgehead atoms. The molecule has 0 atom stereocenters. The molecule has 76 valence electrons. The predicted octanol–water partition coefficient (Wildman–Crippen LogP) is 2.72. The fraction of sp³-hybridized carbons (Fsp3) is 0.0833. The van der Waals surface area contributed by atoms with Crippen LogP contribution in [0.4, 0.5) is 0 Å². The maximum absolute atomic E-state index is 10.5. The number of thiophene rings is 1. The maximum atomic E-state index is 10.5. The second kappa shape index (κ2) is 4.38. The van der Waals surface area contributed by atoms with Gasteiger partial charge in [-0.2, -0.15) is 0 Å². The number of aliphatic hydroxyl groups excluding tert-OH is 1. The third-order valence-electron chi connectivity index (χ3n) is 2.14. The van der Waals surface area contributed by atoms with E-state index in [4.69, 9.17) is 5.11 Å². The molecule has 0 fully saturated rings. The molecule has 0 amide bonds. The van der Waals surface area contributed by atoms with Crippen LogP contribution in [0.25, 0.3) is 10.4 Å². The van der Waals surface area contributed by atoms with Crippen molar-refractivity contribution in [2.24, 2.45) is 0 Å². The topological polar surface area (TPSA) is 37.3 Å². The van der Waals surface area contributed by atoms with Crippen molar-refractivity contribution < 1.29 is 9.90 Å². The first kappa shape index (κ1) is 10.1. The van der Waals surface area contributed by atoms with Crippen molar-refractivity contribution in [2.45, 2.75) is 6.61 Å². The van der Waals surface area contributed by atoms with Gasteiger partial charge in [0.05, 0.1) is 11.5 Å². The quantitative estimate of drug-likeness (QED) is 0.804. The fourth-order valence-electron chi connectivity index (χ4n) is 1.39. The molecule has 1 aromatic heterocycles. The number of aldehydes is 1. The summed E-state index contributed by atoms with van der Waals surface area (Å²) in [6.45, 7) is 0.0414. The Kier molecular flexibility index (Phi) is 2.94. The van der Waals surface area contributed by atoms with Crippen molar-refractivity contribution in [1.82, 2.24) is 0 Å². The first-order valence-electron chi connectivity index (χ1n) is 4.58. The minimum Gasteiger partial charge on any atom is -0.392 e. The Morgan fingerprint density at radius 1 is 1.27 bits per heavy atom. The molecule has 0 aliphatic heterocycles. The number of rotatable bonds is 3. The van der Waals surface area contributed by atoms with Crippen molar-refractivity contribution in [3.8, 4) is 10.4 Å². The van der Waals surface area contributed by atoms with Crippen molar-refractivity contribution in [3.05, 3.63) is 46.8 Å². The largest absolute Gasteiger partial charge is 0.392 e. The summed E-state index contributed by atoms with van der Waals surface area (Å²) in [5, 5.41) is 9.01. The number of aliphatic hydroxyl groups is 1. The number of hydrogen-bond donors (Lipinski definition) is 1. The highest BCUT2D eigenvalue weighted by atomic mass is 32.1. The van der Waals surface area contributed by atoms with Crippen LogP contribution in [-0.2, 0) is 6.61 Å². The van der Waals surface area contributed by atoms with Crippen LogP contribution in [-0.4, -0.2) is 11.4 Å². The summed E-state index contributed by atoms with van der Waals surface area (Å²) < 4.78 is 0. The zero-order chi connectivity index (χ0) is 10.7. The average Bonchev–Trinajstić information content (AvgIpc) is 2.78. The van der Waals surface area contributed by atoms with Crippen molar-refractivity contribution in [3.63, 3.8) is 0 Å². The lowest BCUT2D eigenvalue weighted by molar-refractivity contribution is 0.112. The van der Waals surface area contributed by atoms with E-state index in [-0.39, 0.29) is 6.61 Å². The molecule has 1 heterocycles. The first-order chi connectivity index (χ1) is 7.33. The Morgan fingerprint density at radius 2 is 2.13 bits per heavy atom. The molecule has 15 heavy (non-hydrogen) atoms. The van der Waals surface area contributed by atoms with Gasteiger partial charge in [-0.25, -0.2) is 0 Å². The Labute approximate surface area is 91.8 Å². The van der Waals surface area contributed by atoms with Gasteiger partial charge in [0.1, 0.15) is 0 Å². The molecule has 0 aliphatic rings. The third kappa shape index (κ3) is 2.14. The molecular formula is C12H10O2S. The summed E-state index contributed by atoms with van der Waals surface area (Å²) in [6.07, 6.45) is 0.851. The fourth-order valence-corrected chi connectivity index (χ4v) is 2.21. The van der Waals surface area contributed by atoms with Crippen molar-refractivity contribution in [1.29, 1.82) is 0 Å². The average molecular weight is 218 g/mol. The van der Waals surface area contributed by atoms with Gasteiger partial charge < -0.3 is 5.11 Å². The minimum absolute atomic E-state index is 0.0414. The first-order valence-corrected chi connectivity index (χ1v) is 5.40. The molecular weight excluding hydrogens is 208 g/mol. The molecule has 1 N–H and O–H groups in total. The highest BCUT2D eigenvalue weighted by Crippen LogP contribution is 2.27. The molecule has 2 aromatic rings. The molecule has 0 spiro atoms. The monoisotopic (exact) mass is 218 g/mol. The van der Waals surface area contributed by atoms with Gasteiger partial charge >= 0.3 is 0 Å². The maximum Gasteiger partial charge on any atom is 0.160 e. The summed E-state index contributed by atoms with van der Waals surface area (Å²) in [5.41, 5.74) is 1.92. The molecule has 0 saturated heterocycles. The molecule has 2 rings (SSSR count). The van der Waals surface area contributed by atoms with E-state index in [2.05, 4.69) is 0 Å². The van der Waals surface area contributed by atoms with Gasteiger partial charge in [-0.05, 0) is 29.3 Å². The lowest BCUT2D eigenvalue weighted by atomic mass is 10.1. The van der Waals surface area contributed by atoms with Gasteiger partial charge in [-0.1, -0.05) is 18.2 Å². The number of carbonyl (C=O) groups is 1. The lowest BCUT2D eigenvalue weighted by Gasteiger charge is -1.99. The molecule has 0 saturated carbocycles. The van der Waals surface area contributed by atoms with Gasteiger partial charge in [0.2, 0.25) is 0 Å². The van der Waals surface area contributed by atoms with E-state index in [0.717, 1.165) is 27.2 Å². The lowest BCUT2D eigenvalue weighted by Crippen LogP contribution is -1.82. The summed E-state index contributed by atoms with van der Waals surface area (Å²) in [4.78, 5) is 12.3. The van der Waals surface area contributed by atoms with Crippen molar-refractivity contribution >= 4 is 17.6 Å². The summed E-state index contributed by atoms with van der Waals surface area (Å²) >= 11 is 1.46. The van der Waals surface area contributed by atoms with Crippen LogP contribution in [0.5, 0.6) is 0 Å². The Balaban J connectivity index is 2.39. The van der Waals surface area contributed by atoms with Crippen LogP contribution in [0.15, 0.2) is 36.4 Å². The SMILES string of the molecule is O=Cc1ccc(-c2cccc(CO)c2)s1. The molecule has 1 aromatic carbocycles. The van der Waals surface area contributed by atoms with Gasteiger partial charge in [0, 0.05) is 4.88 Å². The van der Waals surface area contributed by atoms with Gasteiger partial charge in [0.15, 0.2) is 6.29 Å². The standard InChI is InChI=1S/C12H10O2S/c13-7-9-2-1-3-10(6-9)12-5-4-11(8-14)15-12/h1-6,8,13H,7H2. The molecule has 0 aliphatic carbocycles. The summed E-state index contributed by atoms with van der Waals surface area (Å²) in [6, 6.07) is 11.4. The van der Waals surface area contributed by atoms with E-state index in [1.165, 1.54) is 11.3 Å². The van der Waals surface area contributed by atoms with Gasteiger partial charge in [-0.3, -0.25) is 4.79 Å².